The van der Waals surface area contributed by atoms with Crippen molar-refractivity contribution >= 4 is 5.91 Å². The summed E-state index contributed by atoms with van der Waals surface area (Å²) in [6, 6.07) is 13.7. The molecule has 1 fully saturated rings. The fraction of sp³-hybridized carbons (Fsp3) is 0.368. The van der Waals surface area contributed by atoms with Crippen LogP contribution in [0.25, 0.3) is 0 Å². The van der Waals surface area contributed by atoms with Crippen LogP contribution in [0.2, 0.25) is 0 Å². The molecule has 0 spiro atoms. The van der Waals surface area contributed by atoms with Gasteiger partial charge in [0.25, 0.3) is 5.91 Å². The van der Waals surface area contributed by atoms with Gasteiger partial charge < -0.3 is 15.0 Å². The second kappa shape index (κ2) is 7.45. The average Bonchev–Trinajstić information content (AvgIpc) is 2.62. The van der Waals surface area contributed by atoms with Gasteiger partial charge in [-0.15, -0.1) is 0 Å². The molecular formula is C19H23N3O2. The molecule has 3 rings (SSSR count). The first kappa shape index (κ1) is 16.5. The van der Waals surface area contributed by atoms with Crippen molar-refractivity contribution in [3.8, 4) is 5.75 Å². The zero-order valence-electron chi connectivity index (χ0n) is 14.1. The maximum atomic E-state index is 12.3. The summed E-state index contributed by atoms with van der Waals surface area (Å²) in [7, 11) is 3.77. The molecule has 1 N–H and O–H groups in total. The number of carbonyl (C=O) groups excluding carboxylic acids is 1. The highest BCUT2D eigenvalue weighted by Crippen LogP contribution is 2.28. The minimum atomic E-state index is -0.107. The SMILES string of the molecule is COc1ccc([C@H]2C[C@@H](NC(=O)c3ccccn3)CN(C)C2)cc1. The van der Waals surface area contributed by atoms with Gasteiger partial charge in [0.1, 0.15) is 11.4 Å². The van der Waals surface area contributed by atoms with E-state index in [1.807, 2.05) is 24.3 Å². The third kappa shape index (κ3) is 3.92. The molecule has 0 radical (unpaired) electrons. The van der Waals surface area contributed by atoms with E-state index in [4.69, 9.17) is 4.74 Å². The number of pyridine rings is 1. The molecule has 1 aromatic carbocycles. The first-order chi connectivity index (χ1) is 11.7. The number of hydrogen-bond donors (Lipinski definition) is 1. The van der Waals surface area contributed by atoms with E-state index in [1.165, 1.54) is 5.56 Å². The summed E-state index contributed by atoms with van der Waals surface area (Å²) in [6.45, 7) is 1.84. The second-order valence-electron chi connectivity index (χ2n) is 6.31. The number of amides is 1. The zero-order chi connectivity index (χ0) is 16.9. The van der Waals surface area contributed by atoms with E-state index in [2.05, 4.69) is 34.4 Å². The Balaban J connectivity index is 1.67. The molecule has 0 unspecified atom stereocenters. The average molecular weight is 325 g/mol. The third-order valence-electron chi connectivity index (χ3n) is 4.45. The summed E-state index contributed by atoms with van der Waals surface area (Å²) in [5.41, 5.74) is 1.74. The van der Waals surface area contributed by atoms with Crippen molar-refractivity contribution in [1.29, 1.82) is 0 Å². The van der Waals surface area contributed by atoms with Crippen LogP contribution in [-0.4, -0.2) is 49.1 Å². The van der Waals surface area contributed by atoms with E-state index in [0.29, 0.717) is 11.6 Å². The lowest BCUT2D eigenvalue weighted by Crippen LogP contribution is -2.48. The van der Waals surface area contributed by atoms with Gasteiger partial charge in [0.15, 0.2) is 0 Å². The molecule has 5 heteroatoms. The zero-order valence-corrected chi connectivity index (χ0v) is 14.1. The van der Waals surface area contributed by atoms with Crippen molar-refractivity contribution in [2.24, 2.45) is 0 Å². The van der Waals surface area contributed by atoms with Crippen molar-refractivity contribution in [3.05, 3.63) is 59.9 Å². The molecule has 1 amide bonds. The highest BCUT2D eigenvalue weighted by atomic mass is 16.5. The first-order valence-corrected chi connectivity index (χ1v) is 8.20. The van der Waals surface area contributed by atoms with E-state index < -0.39 is 0 Å². The van der Waals surface area contributed by atoms with E-state index in [9.17, 15) is 4.79 Å². The van der Waals surface area contributed by atoms with Crippen molar-refractivity contribution in [2.45, 2.75) is 18.4 Å². The van der Waals surface area contributed by atoms with Crippen molar-refractivity contribution in [3.63, 3.8) is 0 Å². The number of nitrogens with one attached hydrogen (secondary N) is 1. The van der Waals surface area contributed by atoms with Crippen LogP contribution in [-0.2, 0) is 0 Å². The molecular weight excluding hydrogens is 302 g/mol. The Morgan fingerprint density at radius 3 is 2.67 bits per heavy atom. The lowest BCUT2D eigenvalue weighted by Gasteiger charge is -2.36. The summed E-state index contributed by atoms with van der Waals surface area (Å²) in [5, 5.41) is 3.12. The molecule has 2 atom stereocenters. The van der Waals surface area contributed by atoms with Gasteiger partial charge in [-0.3, -0.25) is 9.78 Å². The number of methoxy groups -OCH3 is 1. The van der Waals surface area contributed by atoms with Crippen LogP contribution in [0.1, 0.15) is 28.4 Å². The van der Waals surface area contributed by atoms with Crippen LogP contribution in [0.5, 0.6) is 5.75 Å². The molecule has 0 bridgehead atoms. The van der Waals surface area contributed by atoms with Gasteiger partial charge >= 0.3 is 0 Å². The van der Waals surface area contributed by atoms with Crippen molar-refractivity contribution in [1.82, 2.24) is 15.2 Å². The fourth-order valence-electron chi connectivity index (χ4n) is 3.30. The quantitative estimate of drug-likeness (QED) is 0.937. The minimum Gasteiger partial charge on any atom is -0.497 e. The summed E-state index contributed by atoms with van der Waals surface area (Å²) < 4.78 is 5.23. The number of nitrogens with zero attached hydrogens (tertiary/aromatic N) is 2. The topological polar surface area (TPSA) is 54.5 Å². The maximum absolute atomic E-state index is 12.3. The number of rotatable bonds is 4. The Hall–Kier alpha value is -2.40. The number of carbonyl (C=O) groups is 1. The molecule has 24 heavy (non-hydrogen) atoms. The summed E-state index contributed by atoms with van der Waals surface area (Å²) >= 11 is 0. The highest BCUT2D eigenvalue weighted by molar-refractivity contribution is 5.92. The highest BCUT2D eigenvalue weighted by Gasteiger charge is 2.27. The molecule has 1 aliphatic rings. The molecule has 0 saturated carbocycles. The number of likely N-dealkylation sites (tertiary alicyclic amines) is 1. The van der Waals surface area contributed by atoms with Gasteiger partial charge in [0.2, 0.25) is 0 Å². The second-order valence-corrected chi connectivity index (χ2v) is 6.31. The van der Waals surface area contributed by atoms with Gasteiger partial charge in [0.05, 0.1) is 7.11 Å². The predicted molar refractivity (Wildman–Crippen MR) is 93.3 cm³/mol. The van der Waals surface area contributed by atoms with Crippen LogP contribution in [0.3, 0.4) is 0 Å². The van der Waals surface area contributed by atoms with Gasteiger partial charge in [-0.25, -0.2) is 0 Å². The maximum Gasteiger partial charge on any atom is 0.270 e. The number of benzene rings is 1. The monoisotopic (exact) mass is 325 g/mol. The van der Waals surface area contributed by atoms with E-state index in [-0.39, 0.29) is 11.9 Å². The smallest absolute Gasteiger partial charge is 0.270 e. The van der Waals surface area contributed by atoms with E-state index in [1.54, 1.807) is 19.4 Å². The van der Waals surface area contributed by atoms with E-state index in [0.717, 1.165) is 25.3 Å². The number of ether oxygens (including phenoxy) is 1. The number of likely N-dealkylation sites (N-methyl/N-ethyl adjacent to an activating group) is 1. The Morgan fingerprint density at radius 1 is 1.21 bits per heavy atom. The molecule has 1 aromatic heterocycles. The number of aromatic nitrogens is 1. The molecule has 0 aliphatic carbocycles. The molecule has 126 valence electrons. The first-order valence-electron chi connectivity index (χ1n) is 8.20. The van der Waals surface area contributed by atoms with Crippen LogP contribution in [0.15, 0.2) is 48.7 Å². The van der Waals surface area contributed by atoms with Crippen molar-refractivity contribution in [2.75, 3.05) is 27.2 Å². The van der Waals surface area contributed by atoms with Crippen molar-refractivity contribution < 1.29 is 9.53 Å². The summed E-state index contributed by atoms with van der Waals surface area (Å²) in [5.74, 6) is 1.15. The summed E-state index contributed by atoms with van der Waals surface area (Å²) in [4.78, 5) is 18.7. The van der Waals surface area contributed by atoms with Crippen LogP contribution >= 0.6 is 0 Å². The minimum absolute atomic E-state index is 0.107. The van der Waals surface area contributed by atoms with Crippen LogP contribution < -0.4 is 10.1 Å². The van der Waals surface area contributed by atoms with Gasteiger partial charge in [-0.05, 0) is 49.2 Å². The normalized spacial score (nSPS) is 21.2. The number of piperidine rings is 1. The third-order valence-corrected chi connectivity index (χ3v) is 4.45. The molecule has 2 heterocycles. The van der Waals surface area contributed by atoms with Gasteiger partial charge in [0, 0.05) is 25.3 Å². The Labute approximate surface area is 142 Å². The van der Waals surface area contributed by atoms with Gasteiger partial charge in [-0.1, -0.05) is 18.2 Å². The molecule has 2 aromatic rings. The van der Waals surface area contributed by atoms with Crippen LogP contribution in [0.4, 0.5) is 0 Å². The molecule has 1 aliphatic heterocycles. The Morgan fingerprint density at radius 2 is 2.00 bits per heavy atom. The molecule has 5 nitrogen and oxygen atoms in total. The van der Waals surface area contributed by atoms with Gasteiger partial charge in [-0.2, -0.15) is 0 Å². The lowest BCUT2D eigenvalue weighted by molar-refractivity contribution is 0.0900. The Bertz CT molecular complexity index is 673. The fourth-order valence-corrected chi connectivity index (χ4v) is 3.30. The van der Waals surface area contributed by atoms with E-state index >= 15 is 0 Å². The van der Waals surface area contributed by atoms with Crippen LogP contribution in [0, 0.1) is 0 Å². The number of hydrogen-bond acceptors (Lipinski definition) is 4. The largest absolute Gasteiger partial charge is 0.497 e. The Kier molecular flexibility index (Phi) is 5.11. The summed E-state index contributed by atoms with van der Waals surface area (Å²) in [6.07, 6.45) is 2.57. The lowest BCUT2D eigenvalue weighted by atomic mass is 9.88. The molecule has 1 saturated heterocycles. The standard InChI is InChI=1S/C19H23N3O2/c1-22-12-15(14-6-8-17(24-2)9-7-14)11-16(13-22)21-19(23)18-5-3-4-10-20-18/h3-10,15-16H,11-13H2,1-2H3,(H,21,23)/t15-,16+/m0/s1. The predicted octanol–water partition coefficient (Wildman–Crippen LogP) is 2.31.